The number of aryl methyl sites for hydroxylation is 1. The Labute approximate surface area is 189 Å². The molecule has 0 bridgehead atoms. The number of carbonyl (C=O) groups excluding carboxylic acids is 2. The van der Waals surface area contributed by atoms with Crippen LogP contribution < -0.4 is 5.32 Å². The van der Waals surface area contributed by atoms with Crippen molar-refractivity contribution in [3.63, 3.8) is 0 Å². The van der Waals surface area contributed by atoms with E-state index in [1.165, 1.54) is 19.5 Å². The van der Waals surface area contributed by atoms with Gasteiger partial charge in [-0.3, -0.25) is 9.59 Å². The highest BCUT2D eigenvalue weighted by Gasteiger charge is 2.29. The summed E-state index contributed by atoms with van der Waals surface area (Å²) in [4.78, 5) is 30.0. The van der Waals surface area contributed by atoms with Crippen molar-refractivity contribution in [2.45, 2.75) is 39.5 Å². The van der Waals surface area contributed by atoms with Gasteiger partial charge in [0.2, 0.25) is 5.91 Å². The van der Waals surface area contributed by atoms with E-state index in [-0.39, 0.29) is 17.7 Å². The summed E-state index contributed by atoms with van der Waals surface area (Å²) in [5.41, 5.74) is 1.85. The molecule has 2 aliphatic rings. The van der Waals surface area contributed by atoms with Gasteiger partial charge in [0.1, 0.15) is 5.69 Å². The van der Waals surface area contributed by atoms with Crippen LogP contribution in [0.1, 0.15) is 50.0 Å². The highest BCUT2D eigenvalue weighted by Crippen LogP contribution is 2.26. The van der Waals surface area contributed by atoms with E-state index < -0.39 is 0 Å². The summed E-state index contributed by atoms with van der Waals surface area (Å²) < 4.78 is 3.13. The summed E-state index contributed by atoms with van der Waals surface area (Å²) in [6, 6.07) is 4.05. The maximum atomic E-state index is 13.0. The van der Waals surface area contributed by atoms with Gasteiger partial charge in [0.05, 0.1) is 10.2 Å². The third kappa shape index (κ3) is 5.14. The van der Waals surface area contributed by atoms with Crippen LogP contribution in [0, 0.1) is 17.8 Å². The zero-order valence-electron chi connectivity index (χ0n) is 19.1. The molecule has 7 heteroatoms. The minimum absolute atomic E-state index is 0.0241. The number of nitrogens with zero attached hydrogens (tertiary/aromatic N) is 3. The molecule has 2 saturated heterocycles. The van der Waals surface area contributed by atoms with Crippen LogP contribution in [0.2, 0.25) is 0 Å². The lowest BCUT2D eigenvalue weighted by Crippen LogP contribution is -2.44. The summed E-state index contributed by atoms with van der Waals surface area (Å²) in [6.07, 6.45) is 3.83. The van der Waals surface area contributed by atoms with Crippen LogP contribution in [-0.2, 0) is 11.8 Å². The van der Waals surface area contributed by atoms with Gasteiger partial charge in [-0.1, -0.05) is 13.8 Å². The lowest BCUT2D eigenvalue weighted by Gasteiger charge is -2.35. The molecule has 0 aliphatic carbocycles. The molecule has 0 unspecified atom stereocenters. The van der Waals surface area contributed by atoms with Gasteiger partial charge in [-0.25, -0.2) is 0 Å². The number of likely N-dealkylation sites (tertiary alicyclic amines) is 2. The molecule has 0 aromatic carbocycles. The van der Waals surface area contributed by atoms with E-state index in [2.05, 4.69) is 35.5 Å². The van der Waals surface area contributed by atoms with E-state index in [0.29, 0.717) is 13.1 Å². The van der Waals surface area contributed by atoms with Gasteiger partial charge < -0.3 is 19.7 Å². The predicted molar refractivity (Wildman–Crippen MR) is 126 cm³/mol. The fraction of sp³-hybridized carbons (Fsp3) is 0.667. The monoisotopic (exact) mass is 444 g/mol. The largest absolute Gasteiger partial charge is 0.356 e. The molecule has 6 nitrogen and oxygen atoms in total. The Morgan fingerprint density at radius 3 is 2.55 bits per heavy atom. The van der Waals surface area contributed by atoms with Crippen LogP contribution in [0.25, 0.3) is 10.2 Å². The highest BCUT2D eigenvalue weighted by atomic mass is 32.1. The fourth-order valence-corrected chi connectivity index (χ4v) is 6.24. The van der Waals surface area contributed by atoms with Crippen molar-refractivity contribution >= 4 is 33.4 Å². The lowest BCUT2D eigenvalue weighted by molar-refractivity contribution is -0.126. The van der Waals surface area contributed by atoms with Crippen molar-refractivity contribution in [1.29, 1.82) is 0 Å². The highest BCUT2D eigenvalue weighted by molar-refractivity contribution is 7.17. The molecule has 2 amide bonds. The van der Waals surface area contributed by atoms with E-state index in [4.69, 9.17) is 0 Å². The third-order valence-electron chi connectivity index (χ3n) is 6.93. The normalized spacial score (nSPS) is 23.4. The maximum Gasteiger partial charge on any atom is 0.270 e. The second-order valence-electron chi connectivity index (χ2n) is 9.68. The van der Waals surface area contributed by atoms with Crippen LogP contribution in [0.5, 0.6) is 0 Å². The van der Waals surface area contributed by atoms with Crippen LogP contribution in [-0.4, -0.2) is 65.4 Å². The van der Waals surface area contributed by atoms with Crippen molar-refractivity contribution in [3.05, 3.63) is 23.2 Å². The smallest absolute Gasteiger partial charge is 0.270 e. The number of thiophene rings is 1. The number of piperidine rings is 2. The van der Waals surface area contributed by atoms with Crippen LogP contribution in [0.15, 0.2) is 17.5 Å². The Kier molecular flexibility index (Phi) is 7.02. The fourth-order valence-electron chi connectivity index (χ4n) is 5.40. The van der Waals surface area contributed by atoms with Gasteiger partial charge in [-0.05, 0) is 61.6 Å². The Morgan fingerprint density at radius 1 is 1.16 bits per heavy atom. The molecular weight excluding hydrogens is 408 g/mol. The molecule has 170 valence electrons. The van der Waals surface area contributed by atoms with Crippen LogP contribution in [0.3, 0.4) is 0 Å². The number of aromatic nitrogens is 1. The Hall–Kier alpha value is -1.86. The van der Waals surface area contributed by atoms with Gasteiger partial charge >= 0.3 is 0 Å². The van der Waals surface area contributed by atoms with E-state index in [9.17, 15) is 9.59 Å². The number of nitrogens with one attached hydrogen (secondary N) is 1. The quantitative estimate of drug-likeness (QED) is 0.693. The van der Waals surface area contributed by atoms with Crippen molar-refractivity contribution < 1.29 is 9.59 Å². The molecule has 2 aliphatic heterocycles. The molecule has 2 atom stereocenters. The van der Waals surface area contributed by atoms with Gasteiger partial charge in [0.15, 0.2) is 0 Å². The van der Waals surface area contributed by atoms with Crippen LogP contribution >= 0.6 is 11.3 Å². The first-order chi connectivity index (χ1) is 14.9. The number of hydrogen-bond donors (Lipinski definition) is 1. The molecule has 0 saturated carbocycles. The first-order valence-corrected chi connectivity index (χ1v) is 12.6. The van der Waals surface area contributed by atoms with Gasteiger partial charge in [0.25, 0.3) is 5.91 Å². The van der Waals surface area contributed by atoms with Crippen molar-refractivity contribution in [2.24, 2.45) is 24.8 Å². The van der Waals surface area contributed by atoms with Gasteiger partial charge in [-0.2, -0.15) is 0 Å². The first-order valence-electron chi connectivity index (χ1n) is 11.7. The molecule has 31 heavy (non-hydrogen) atoms. The topological polar surface area (TPSA) is 57.6 Å². The van der Waals surface area contributed by atoms with Gasteiger partial charge in [-0.15, -0.1) is 11.3 Å². The number of hydrogen-bond acceptors (Lipinski definition) is 4. The number of fused-ring (bicyclic) bond motifs is 1. The Balaban J connectivity index is 1.19. The molecule has 2 aromatic rings. The zero-order valence-corrected chi connectivity index (χ0v) is 19.9. The first kappa shape index (κ1) is 22.3. The standard InChI is InChI=1S/C24H36N4O2S/c1-17-13-18(2)16-27(15-17)9-4-8-25-23(29)19-5-10-28(11-6-19)24(30)21-14-22-20(26(21)3)7-12-31-22/h7,12,14,17-19H,4-6,8-11,13,15-16H2,1-3H3,(H,25,29)/t17-,18+. The minimum atomic E-state index is 0.0241. The van der Waals surface area contributed by atoms with E-state index >= 15 is 0 Å². The average molecular weight is 445 g/mol. The van der Waals surface area contributed by atoms with E-state index in [1.54, 1.807) is 11.3 Å². The molecule has 4 rings (SSSR count). The maximum absolute atomic E-state index is 13.0. The summed E-state index contributed by atoms with van der Waals surface area (Å²) >= 11 is 1.66. The molecule has 0 radical (unpaired) electrons. The second-order valence-corrected chi connectivity index (χ2v) is 10.6. The third-order valence-corrected chi connectivity index (χ3v) is 7.78. The van der Waals surface area contributed by atoms with Crippen molar-refractivity contribution in [3.8, 4) is 0 Å². The zero-order chi connectivity index (χ0) is 22.0. The minimum Gasteiger partial charge on any atom is -0.356 e. The van der Waals surface area contributed by atoms with Gasteiger partial charge in [0, 0.05) is 45.7 Å². The molecule has 0 spiro atoms. The lowest BCUT2D eigenvalue weighted by atomic mass is 9.92. The van der Waals surface area contributed by atoms with Crippen molar-refractivity contribution in [1.82, 2.24) is 19.7 Å². The SMILES string of the molecule is C[C@@H]1C[C@H](C)CN(CCCNC(=O)C2CCN(C(=O)c3cc4sccc4n3C)CC2)C1. The number of amides is 2. The summed E-state index contributed by atoms with van der Waals surface area (Å²) in [6.45, 7) is 10.2. The summed E-state index contributed by atoms with van der Waals surface area (Å²) in [7, 11) is 1.95. The predicted octanol–water partition coefficient (Wildman–Crippen LogP) is 3.58. The molecule has 2 aromatic heterocycles. The average Bonchev–Trinajstić information content (AvgIpc) is 3.33. The Bertz CT molecular complexity index is 902. The Morgan fingerprint density at radius 2 is 1.87 bits per heavy atom. The molecule has 1 N–H and O–H groups in total. The van der Waals surface area contributed by atoms with Crippen molar-refractivity contribution in [2.75, 3.05) is 39.3 Å². The number of rotatable bonds is 6. The van der Waals surface area contributed by atoms with E-state index in [1.807, 2.05) is 22.6 Å². The molecular formula is C24H36N4O2S. The summed E-state index contributed by atoms with van der Waals surface area (Å²) in [5, 5.41) is 5.19. The van der Waals surface area contributed by atoms with Crippen LogP contribution in [0.4, 0.5) is 0 Å². The molecule has 2 fully saturated rings. The second kappa shape index (κ2) is 9.74. The summed E-state index contributed by atoms with van der Waals surface area (Å²) in [5.74, 6) is 1.81. The van der Waals surface area contributed by atoms with E-state index in [0.717, 1.165) is 60.1 Å². The number of carbonyl (C=O) groups is 2. The molecule has 4 heterocycles.